The largest absolute Gasteiger partial charge is 0.249 e. The van der Waals surface area contributed by atoms with E-state index in [1.54, 1.807) is 0 Å². The van der Waals surface area contributed by atoms with Crippen LogP contribution in [0, 0.1) is 0 Å². The van der Waals surface area contributed by atoms with Crippen LogP contribution in [-0.2, 0) is 13.0 Å². The average Bonchev–Trinajstić information content (AvgIpc) is 2.78. The fourth-order valence-corrected chi connectivity index (χ4v) is 1.83. The second-order valence-electron chi connectivity index (χ2n) is 3.54. The van der Waals surface area contributed by atoms with Crippen molar-refractivity contribution in [1.29, 1.82) is 0 Å². The highest BCUT2D eigenvalue weighted by molar-refractivity contribution is 5.54. The summed E-state index contributed by atoms with van der Waals surface area (Å²) < 4.78 is 2.02. The van der Waals surface area contributed by atoms with Gasteiger partial charge in [0.1, 0.15) is 5.82 Å². The van der Waals surface area contributed by atoms with Crippen LogP contribution in [0.15, 0.2) is 30.3 Å². The standard InChI is InChI=1S/C11H11N3/c1-2-5-9(6-3-1)11-12-10-7-4-8-14(10)13-11/h1-3,5-6H,4,7-8H2. The Labute approximate surface area is 82.4 Å². The number of fused-ring (bicyclic) bond motifs is 1. The van der Waals surface area contributed by atoms with Crippen LogP contribution < -0.4 is 0 Å². The summed E-state index contributed by atoms with van der Waals surface area (Å²) >= 11 is 0. The van der Waals surface area contributed by atoms with E-state index >= 15 is 0 Å². The maximum Gasteiger partial charge on any atom is 0.181 e. The van der Waals surface area contributed by atoms with Gasteiger partial charge in [0.2, 0.25) is 0 Å². The van der Waals surface area contributed by atoms with E-state index in [4.69, 9.17) is 0 Å². The van der Waals surface area contributed by atoms with Crippen molar-refractivity contribution in [3.8, 4) is 11.4 Å². The summed E-state index contributed by atoms with van der Waals surface area (Å²) in [7, 11) is 0. The Hall–Kier alpha value is -1.64. The van der Waals surface area contributed by atoms with E-state index < -0.39 is 0 Å². The van der Waals surface area contributed by atoms with Crippen molar-refractivity contribution >= 4 is 0 Å². The Morgan fingerprint density at radius 3 is 2.79 bits per heavy atom. The number of nitrogens with zero attached hydrogens (tertiary/aromatic N) is 3. The molecule has 0 atom stereocenters. The third kappa shape index (κ3) is 1.13. The minimum absolute atomic E-state index is 0.861. The summed E-state index contributed by atoms with van der Waals surface area (Å²) in [5.74, 6) is 1.99. The topological polar surface area (TPSA) is 30.7 Å². The van der Waals surface area contributed by atoms with Gasteiger partial charge in [-0.05, 0) is 6.42 Å². The van der Waals surface area contributed by atoms with Gasteiger partial charge >= 0.3 is 0 Å². The molecule has 70 valence electrons. The summed E-state index contributed by atoms with van der Waals surface area (Å²) in [6, 6.07) is 10.1. The van der Waals surface area contributed by atoms with Crippen LogP contribution >= 0.6 is 0 Å². The molecule has 0 spiro atoms. The van der Waals surface area contributed by atoms with Crippen molar-refractivity contribution in [3.63, 3.8) is 0 Å². The van der Waals surface area contributed by atoms with Gasteiger partial charge < -0.3 is 0 Å². The lowest BCUT2D eigenvalue weighted by molar-refractivity contribution is 0.658. The highest BCUT2D eigenvalue weighted by Crippen LogP contribution is 2.18. The Morgan fingerprint density at radius 1 is 1.14 bits per heavy atom. The Kier molecular flexibility index (Phi) is 1.63. The second kappa shape index (κ2) is 2.94. The molecule has 0 bridgehead atoms. The smallest absolute Gasteiger partial charge is 0.181 e. The first-order chi connectivity index (χ1) is 6.93. The molecule has 0 amide bonds. The average molecular weight is 185 g/mol. The van der Waals surface area contributed by atoms with Crippen LogP contribution in [0.5, 0.6) is 0 Å². The molecular weight excluding hydrogens is 174 g/mol. The van der Waals surface area contributed by atoms with Gasteiger partial charge in [-0.25, -0.2) is 9.67 Å². The van der Waals surface area contributed by atoms with Crippen molar-refractivity contribution in [1.82, 2.24) is 14.8 Å². The molecule has 2 aromatic rings. The normalized spacial score (nSPS) is 14.3. The van der Waals surface area contributed by atoms with Gasteiger partial charge in [-0.2, -0.15) is 5.10 Å². The SMILES string of the molecule is c1ccc(-c2nc3n(n2)CCC3)cc1. The van der Waals surface area contributed by atoms with Crippen LogP contribution in [0.2, 0.25) is 0 Å². The molecule has 0 unspecified atom stereocenters. The number of rotatable bonds is 1. The van der Waals surface area contributed by atoms with Gasteiger partial charge in [0, 0.05) is 18.5 Å². The van der Waals surface area contributed by atoms with Crippen LogP contribution in [-0.4, -0.2) is 14.8 Å². The molecule has 0 saturated heterocycles. The van der Waals surface area contributed by atoms with Crippen molar-refractivity contribution < 1.29 is 0 Å². The first kappa shape index (κ1) is 7.74. The molecule has 1 aliphatic rings. The van der Waals surface area contributed by atoms with E-state index in [9.17, 15) is 0 Å². The fraction of sp³-hybridized carbons (Fsp3) is 0.273. The van der Waals surface area contributed by atoms with Crippen molar-refractivity contribution in [3.05, 3.63) is 36.2 Å². The zero-order chi connectivity index (χ0) is 9.38. The van der Waals surface area contributed by atoms with Gasteiger partial charge in [-0.3, -0.25) is 0 Å². The van der Waals surface area contributed by atoms with Gasteiger partial charge in [0.15, 0.2) is 5.82 Å². The molecule has 2 heterocycles. The Morgan fingerprint density at radius 2 is 2.00 bits per heavy atom. The Bertz CT molecular complexity index is 423. The highest BCUT2D eigenvalue weighted by atomic mass is 15.4. The minimum Gasteiger partial charge on any atom is -0.249 e. The molecule has 0 radical (unpaired) electrons. The summed E-state index contributed by atoms with van der Waals surface area (Å²) in [4.78, 5) is 4.51. The van der Waals surface area contributed by atoms with Crippen LogP contribution in [0.3, 0.4) is 0 Å². The summed E-state index contributed by atoms with van der Waals surface area (Å²) in [6.45, 7) is 1.02. The molecule has 1 aliphatic heterocycles. The summed E-state index contributed by atoms with van der Waals surface area (Å²) in [6.07, 6.45) is 2.25. The van der Waals surface area contributed by atoms with Crippen molar-refractivity contribution in [2.75, 3.05) is 0 Å². The lowest BCUT2D eigenvalue weighted by Gasteiger charge is -1.93. The summed E-state index contributed by atoms with van der Waals surface area (Å²) in [5, 5.41) is 4.47. The maximum absolute atomic E-state index is 4.51. The molecular formula is C11H11N3. The number of aromatic nitrogens is 3. The fourth-order valence-electron chi connectivity index (χ4n) is 1.83. The van der Waals surface area contributed by atoms with E-state index in [1.165, 1.54) is 6.42 Å². The number of aryl methyl sites for hydroxylation is 2. The molecule has 3 rings (SSSR count). The van der Waals surface area contributed by atoms with Gasteiger partial charge in [-0.15, -0.1) is 0 Å². The Balaban J connectivity index is 2.06. The molecule has 0 N–H and O–H groups in total. The summed E-state index contributed by atoms with van der Waals surface area (Å²) in [5.41, 5.74) is 1.11. The molecule has 3 heteroatoms. The van der Waals surface area contributed by atoms with Gasteiger partial charge in [0.05, 0.1) is 0 Å². The lowest BCUT2D eigenvalue weighted by atomic mass is 10.2. The molecule has 1 aromatic heterocycles. The van der Waals surface area contributed by atoms with Crippen LogP contribution in [0.25, 0.3) is 11.4 Å². The van der Waals surface area contributed by atoms with E-state index in [1.807, 2.05) is 35.0 Å². The van der Waals surface area contributed by atoms with Crippen molar-refractivity contribution in [2.45, 2.75) is 19.4 Å². The van der Waals surface area contributed by atoms with Crippen molar-refractivity contribution in [2.24, 2.45) is 0 Å². The van der Waals surface area contributed by atoms with Crippen LogP contribution in [0.1, 0.15) is 12.2 Å². The van der Waals surface area contributed by atoms with Gasteiger partial charge in [0.25, 0.3) is 0 Å². The zero-order valence-electron chi connectivity index (χ0n) is 7.85. The zero-order valence-corrected chi connectivity index (χ0v) is 7.85. The number of benzene rings is 1. The van der Waals surface area contributed by atoms with E-state index in [-0.39, 0.29) is 0 Å². The molecule has 3 nitrogen and oxygen atoms in total. The predicted molar refractivity (Wildman–Crippen MR) is 53.8 cm³/mol. The highest BCUT2D eigenvalue weighted by Gasteiger charge is 2.15. The van der Waals surface area contributed by atoms with Crippen LogP contribution in [0.4, 0.5) is 0 Å². The van der Waals surface area contributed by atoms with E-state index in [0.717, 1.165) is 30.2 Å². The third-order valence-electron chi connectivity index (χ3n) is 2.55. The number of hydrogen-bond donors (Lipinski definition) is 0. The van der Waals surface area contributed by atoms with E-state index in [0.29, 0.717) is 0 Å². The molecule has 0 fully saturated rings. The van der Waals surface area contributed by atoms with E-state index in [2.05, 4.69) is 10.1 Å². The first-order valence-corrected chi connectivity index (χ1v) is 4.92. The number of hydrogen-bond acceptors (Lipinski definition) is 2. The monoisotopic (exact) mass is 185 g/mol. The first-order valence-electron chi connectivity index (χ1n) is 4.92. The second-order valence-corrected chi connectivity index (χ2v) is 3.54. The quantitative estimate of drug-likeness (QED) is 0.679. The molecule has 0 saturated carbocycles. The predicted octanol–water partition coefficient (Wildman–Crippen LogP) is 1.89. The van der Waals surface area contributed by atoms with Gasteiger partial charge in [-0.1, -0.05) is 30.3 Å². The third-order valence-corrected chi connectivity index (χ3v) is 2.55. The lowest BCUT2D eigenvalue weighted by Crippen LogP contribution is -1.94. The molecule has 1 aromatic carbocycles. The molecule has 0 aliphatic carbocycles. The minimum atomic E-state index is 0.861. The maximum atomic E-state index is 4.51. The molecule has 14 heavy (non-hydrogen) atoms.